The fourth-order valence-electron chi connectivity index (χ4n) is 0.403. The molecule has 9 heavy (non-hydrogen) atoms. The highest BCUT2D eigenvalue weighted by Gasteiger charge is 2.09. The van der Waals surface area contributed by atoms with Crippen LogP contribution in [0.25, 0.3) is 0 Å². The summed E-state index contributed by atoms with van der Waals surface area (Å²) in [7, 11) is 0. The second-order valence-electron chi connectivity index (χ2n) is 1.42. The van der Waals surface area contributed by atoms with Gasteiger partial charge < -0.3 is 4.52 Å². The molecule has 0 aliphatic heterocycles. The Morgan fingerprint density at radius 2 is 2.33 bits per heavy atom. The van der Waals surface area contributed by atoms with Gasteiger partial charge in [0, 0.05) is 0 Å². The molecule has 1 heterocycles. The van der Waals surface area contributed by atoms with Crippen LogP contribution < -0.4 is 5.63 Å². The highest BCUT2D eigenvalue weighted by molar-refractivity contribution is 4.96. The fourth-order valence-corrected chi connectivity index (χ4v) is 0.403. The third-order valence-corrected chi connectivity index (χ3v) is 0.778. The number of nitrogens with one attached hydrogen (secondary N) is 1. The van der Waals surface area contributed by atoms with Crippen LogP contribution in [0.4, 0.5) is 8.78 Å². The van der Waals surface area contributed by atoms with E-state index < -0.39 is 17.7 Å². The van der Waals surface area contributed by atoms with Crippen LogP contribution >= 0.6 is 0 Å². The van der Waals surface area contributed by atoms with Crippen molar-refractivity contribution in [2.24, 2.45) is 0 Å². The van der Waals surface area contributed by atoms with E-state index in [1.165, 1.54) is 0 Å². The average Bonchev–Trinajstić information content (AvgIpc) is 2.14. The molecular weight excluding hydrogens is 132 g/mol. The molecule has 0 bridgehead atoms. The van der Waals surface area contributed by atoms with E-state index in [9.17, 15) is 13.6 Å². The van der Waals surface area contributed by atoms with Crippen molar-refractivity contribution in [3.8, 4) is 0 Å². The van der Waals surface area contributed by atoms with Crippen LogP contribution in [0.5, 0.6) is 0 Å². The molecule has 1 rings (SSSR count). The van der Waals surface area contributed by atoms with Crippen molar-refractivity contribution in [2.75, 3.05) is 0 Å². The average molecular weight is 135 g/mol. The van der Waals surface area contributed by atoms with Gasteiger partial charge in [-0.25, -0.2) is 18.7 Å². The maximum absolute atomic E-state index is 11.6. The first kappa shape index (κ1) is 6.00. The van der Waals surface area contributed by atoms with E-state index in [1.54, 1.807) is 5.16 Å². The first-order valence-corrected chi connectivity index (χ1v) is 2.16. The lowest BCUT2D eigenvalue weighted by Gasteiger charge is -1.86. The smallest absolute Gasteiger partial charge is 0.339 e. The summed E-state index contributed by atoms with van der Waals surface area (Å²) in [5, 5.41) is 1.77. The maximum Gasteiger partial charge on any atom is 0.357 e. The highest BCUT2D eigenvalue weighted by atomic mass is 19.3. The van der Waals surface area contributed by atoms with Crippen molar-refractivity contribution in [3.05, 3.63) is 22.2 Å². The molecule has 0 aliphatic carbocycles. The van der Waals surface area contributed by atoms with E-state index in [2.05, 4.69) is 4.52 Å². The lowest BCUT2D eigenvalue weighted by molar-refractivity contribution is 0.140. The molecule has 50 valence electrons. The Balaban J connectivity index is 2.98. The summed E-state index contributed by atoms with van der Waals surface area (Å²) in [6.45, 7) is 0. The quantitative estimate of drug-likeness (QED) is 0.621. The molecule has 3 nitrogen and oxygen atoms in total. The maximum atomic E-state index is 11.6. The Labute approximate surface area is 48.3 Å². The van der Waals surface area contributed by atoms with Crippen molar-refractivity contribution in [3.63, 3.8) is 0 Å². The molecule has 0 fully saturated rings. The number of aromatic nitrogens is 1. The number of rotatable bonds is 1. The third-order valence-electron chi connectivity index (χ3n) is 0.778. The number of halogens is 2. The fraction of sp³-hybridized carbons (Fsp3) is 0.250. The molecule has 0 spiro atoms. The summed E-state index contributed by atoms with van der Waals surface area (Å²) < 4.78 is 27.1. The summed E-state index contributed by atoms with van der Waals surface area (Å²) in [6, 6.07) is 0.713. The van der Waals surface area contributed by atoms with Gasteiger partial charge in [-0.15, -0.1) is 0 Å². The van der Waals surface area contributed by atoms with E-state index in [-0.39, 0.29) is 0 Å². The lowest BCUT2D eigenvalue weighted by atomic mass is 10.5. The molecule has 0 radical (unpaired) electrons. The number of H-pyrrole nitrogens is 1. The first-order valence-electron chi connectivity index (χ1n) is 2.16. The molecule has 0 saturated carbocycles. The third kappa shape index (κ3) is 1.16. The number of alkyl halides is 2. The van der Waals surface area contributed by atoms with Crippen molar-refractivity contribution in [2.45, 2.75) is 6.43 Å². The summed E-state index contributed by atoms with van der Waals surface area (Å²) in [5.41, 5.74) is -1.27. The lowest BCUT2D eigenvalue weighted by Crippen LogP contribution is -1.86. The Kier molecular flexibility index (Phi) is 1.33. The van der Waals surface area contributed by atoms with Gasteiger partial charge in [0.05, 0.1) is 6.07 Å². The minimum Gasteiger partial charge on any atom is -0.339 e. The van der Waals surface area contributed by atoms with Crippen molar-refractivity contribution >= 4 is 0 Å². The Morgan fingerprint density at radius 3 is 2.56 bits per heavy atom. The molecule has 0 unspecified atom stereocenters. The van der Waals surface area contributed by atoms with Crippen molar-refractivity contribution < 1.29 is 13.3 Å². The monoisotopic (exact) mass is 135 g/mol. The van der Waals surface area contributed by atoms with Gasteiger partial charge in [0.15, 0.2) is 0 Å². The van der Waals surface area contributed by atoms with Gasteiger partial charge >= 0.3 is 5.63 Å². The molecule has 0 saturated heterocycles. The standard InChI is InChI=1S/C4H3F2NO2/c5-4(6)2-1-3(8)9-7-2/h1,4,7H. The van der Waals surface area contributed by atoms with Crippen LogP contribution in [-0.4, -0.2) is 5.16 Å². The number of hydrogen-bond acceptors (Lipinski definition) is 2. The second-order valence-corrected chi connectivity index (χ2v) is 1.42. The molecule has 1 aromatic heterocycles. The Hall–Kier alpha value is -1.13. The van der Waals surface area contributed by atoms with Crippen LogP contribution in [-0.2, 0) is 0 Å². The van der Waals surface area contributed by atoms with E-state index in [0.717, 1.165) is 0 Å². The molecule has 1 aromatic rings. The van der Waals surface area contributed by atoms with Gasteiger partial charge in [0.1, 0.15) is 5.69 Å². The largest absolute Gasteiger partial charge is 0.357 e. The summed E-state index contributed by atoms with van der Waals surface area (Å²) >= 11 is 0. The second kappa shape index (κ2) is 2.00. The molecular formula is C4H3F2NO2. The summed E-state index contributed by atoms with van der Waals surface area (Å²) in [6.07, 6.45) is -2.67. The Bertz CT molecular complexity index is 239. The molecule has 1 N–H and O–H groups in total. The van der Waals surface area contributed by atoms with Crippen LogP contribution in [0.1, 0.15) is 12.1 Å². The predicted molar refractivity (Wildman–Crippen MR) is 24.3 cm³/mol. The van der Waals surface area contributed by atoms with Gasteiger partial charge in [-0.05, 0) is 0 Å². The van der Waals surface area contributed by atoms with Gasteiger partial charge in [-0.3, -0.25) is 0 Å². The van der Waals surface area contributed by atoms with Crippen LogP contribution in [0.3, 0.4) is 0 Å². The van der Waals surface area contributed by atoms with Gasteiger partial charge in [-0.1, -0.05) is 0 Å². The zero-order chi connectivity index (χ0) is 6.85. The molecule has 5 heteroatoms. The van der Waals surface area contributed by atoms with Crippen LogP contribution in [0.15, 0.2) is 15.4 Å². The zero-order valence-corrected chi connectivity index (χ0v) is 4.23. The van der Waals surface area contributed by atoms with E-state index in [0.29, 0.717) is 6.07 Å². The molecule has 0 atom stereocenters. The normalized spacial score (nSPS) is 10.6. The van der Waals surface area contributed by atoms with Crippen molar-refractivity contribution in [1.29, 1.82) is 0 Å². The van der Waals surface area contributed by atoms with Crippen LogP contribution in [0.2, 0.25) is 0 Å². The predicted octanol–water partition coefficient (Wildman–Crippen LogP) is 0.905. The van der Waals surface area contributed by atoms with E-state index in [4.69, 9.17) is 0 Å². The Morgan fingerprint density at radius 1 is 1.67 bits per heavy atom. The number of hydrogen-bond donors (Lipinski definition) is 1. The first-order chi connectivity index (χ1) is 4.20. The molecule has 0 aliphatic rings. The van der Waals surface area contributed by atoms with Gasteiger partial charge in [-0.2, -0.15) is 0 Å². The van der Waals surface area contributed by atoms with Gasteiger partial charge in [0.25, 0.3) is 6.43 Å². The highest BCUT2D eigenvalue weighted by Crippen LogP contribution is 2.12. The SMILES string of the molecule is O=c1cc(C(F)F)[nH]o1. The van der Waals surface area contributed by atoms with E-state index >= 15 is 0 Å². The minimum absolute atomic E-state index is 0.486. The topological polar surface area (TPSA) is 46.0 Å². The summed E-state index contributed by atoms with van der Waals surface area (Å²) in [4.78, 5) is 10.1. The number of aromatic amines is 1. The van der Waals surface area contributed by atoms with E-state index in [1.807, 2.05) is 0 Å². The zero-order valence-electron chi connectivity index (χ0n) is 4.23. The minimum atomic E-state index is -2.67. The van der Waals surface area contributed by atoms with Crippen LogP contribution in [0, 0.1) is 0 Å². The molecule has 0 amide bonds. The van der Waals surface area contributed by atoms with Gasteiger partial charge in [0.2, 0.25) is 0 Å². The van der Waals surface area contributed by atoms with Crippen molar-refractivity contribution in [1.82, 2.24) is 5.16 Å². The summed E-state index contributed by atoms with van der Waals surface area (Å²) in [5.74, 6) is 0. The molecule has 0 aromatic carbocycles.